The van der Waals surface area contributed by atoms with Gasteiger partial charge in [-0.1, -0.05) is 44.2 Å². The van der Waals surface area contributed by atoms with Gasteiger partial charge in [0, 0.05) is 45.1 Å². The fourth-order valence-corrected chi connectivity index (χ4v) is 3.53. The smallest absolute Gasteiger partial charge is 0.225 e. The number of nitrogens with zero attached hydrogens (tertiary/aromatic N) is 2. The molecule has 2 amide bonds. The molecule has 0 aromatic heterocycles. The van der Waals surface area contributed by atoms with Crippen LogP contribution >= 0.6 is 12.4 Å². The summed E-state index contributed by atoms with van der Waals surface area (Å²) in [5, 5.41) is 0. The third-order valence-electron chi connectivity index (χ3n) is 5.70. The van der Waals surface area contributed by atoms with Crippen LogP contribution in [-0.2, 0) is 16.0 Å². The Kier molecular flexibility index (Phi) is 10.5. The van der Waals surface area contributed by atoms with Gasteiger partial charge in [0.05, 0.1) is 0 Å². The first kappa shape index (κ1) is 24.4. The number of rotatable bonds is 8. The normalized spacial score (nSPS) is 15.8. The van der Waals surface area contributed by atoms with Crippen molar-refractivity contribution in [1.29, 1.82) is 0 Å². The molecular formula is C22H36ClN3O2. The first-order valence-electron chi connectivity index (χ1n) is 10.2. The minimum atomic E-state index is 0. The number of piperidine rings is 1. The van der Waals surface area contributed by atoms with Gasteiger partial charge in [0.1, 0.15) is 0 Å². The largest absolute Gasteiger partial charge is 0.345 e. The summed E-state index contributed by atoms with van der Waals surface area (Å²) in [6.07, 6.45) is 3.66. The monoisotopic (exact) mass is 409 g/mol. The zero-order valence-electron chi connectivity index (χ0n) is 17.5. The molecule has 0 radical (unpaired) electrons. The SMILES string of the molecule is CC(C)C(N)CCN(C)C(=O)C1CCN(C(=O)CCc2ccccc2)CC1.Cl. The second kappa shape index (κ2) is 12.1. The van der Waals surface area contributed by atoms with E-state index >= 15 is 0 Å². The third-order valence-corrected chi connectivity index (χ3v) is 5.70. The average Bonchev–Trinajstić information content (AvgIpc) is 2.70. The van der Waals surface area contributed by atoms with Crippen LogP contribution < -0.4 is 5.73 Å². The van der Waals surface area contributed by atoms with E-state index in [0.29, 0.717) is 32.0 Å². The lowest BCUT2D eigenvalue weighted by atomic mass is 9.94. The highest BCUT2D eigenvalue weighted by Gasteiger charge is 2.29. The van der Waals surface area contributed by atoms with Gasteiger partial charge >= 0.3 is 0 Å². The molecule has 2 rings (SSSR count). The molecule has 2 N–H and O–H groups in total. The first-order valence-corrected chi connectivity index (χ1v) is 10.2. The fourth-order valence-electron chi connectivity index (χ4n) is 3.53. The number of amides is 2. The molecule has 1 aromatic rings. The van der Waals surface area contributed by atoms with Crippen LogP contribution in [0.1, 0.15) is 45.1 Å². The molecule has 1 fully saturated rings. The summed E-state index contributed by atoms with van der Waals surface area (Å²) >= 11 is 0. The lowest BCUT2D eigenvalue weighted by Crippen LogP contribution is -2.44. The van der Waals surface area contributed by atoms with Crippen LogP contribution in [-0.4, -0.2) is 54.3 Å². The molecule has 1 unspecified atom stereocenters. The highest BCUT2D eigenvalue weighted by molar-refractivity contribution is 5.85. The molecule has 158 valence electrons. The van der Waals surface area contributed by atoms with E-state index in [1.165, 1.54) is 5.56 Å². The van der Waals surface area contributed by atoms with E-state index < -0.39 is 0 Å². The van der Waals surface area contributed by atoms with Crippen molar-refractivity contribution >= 4 is 24.2 Å². The molecule has 1 aromatic carbocycles. The third kappa shape index (κ3) is 7.44. The zero-order valence-corrected chi connectivity index (χ0v) is 18.3. The van der Waals surface area contributed by atoms with Gasteiger partial charge in [-0.05, 0) is 37.2 Å². The van der Waals surface area contributed by atoms with E-state index in [0.717, 1.165) is 25.7 Å². The van der Waals surface area contributed by atoms with Crippen LogP contribution in [0, 0.1) is 11.8 Å². The van der Waals surface area contributed by atoms with Gasteiger partial charge in [-0.3, -0.25) is 9.59 Å². The van der Waals surface area contributed by atoms with Crippen molar-refractivity contribution in [2.75, 3.05) is 26.7 Å². The second-order valence-electron chi connectivity index (χ2n) is 8.10. The Hall–Kier alpha value is -1.59. The number of carbonyl (C=O) groups excluding carboxylic acids is 2. The predicted octanol–water partition coefficient (Wildman–Crippen LogP) is 3.11. The van der Waals surface area contributed by atoms with Crippen molar-refractivity contribution in [3.05, 3.63) is 35.9 Å². The number of nitrogens with two attached hydrogens (primary N) is 1. The van der Waals surface area contributed by atoms with Gasteiger partial charge in [0.2, 0.25) is 11.8 Å². The molecule has 1 atom stereocenters. The van der Waals surface area contributed by atoms with Crippen LogP contribution in [0.3, 0.4) is 0 Å². The van der Waals surface area contributed by atoms with Crippen molar-refractivity contribution in [3.8, 4) is 0 Å². The molecule has 0 aliphatic carbocycles. The van der Waals surface area contributed by atoms with Crippen molar-refractivity contribution < 1.29 is 9.59 Å². The van der Waals surface area contributed by atoms with Gasteiger partial charge in [0.25, 0.3) is 0 Å². The molecular weight excluding hydrogens is 374 g/mol. The molecule has 0 spiro atoms. The first-order chi connectivity index (χ1) is 12.9. The Labute approximate surface area is 176 Å². The minimum absolute atomic E-state index is 0. The minimum Gasteiger partial charge on any atom is -0.345 e. The van der Waals surface area contributed by atoms with Crippen molar-refractivity contribution in [2.24, 2.45) is 17.6 Å². The van der Waals surface area contributed by atoms with Crippen molar-refractivity contribution in [1.82, 2.24) is 9.80 Å². The van der Waals surface area contributed by atoms with E-state index in [9.17, 15) is 9.59 Å². The topological polar surface area (TPSA) is 66.6 Å². The van der Waals surface area contributed by atoms with Crippen molar-refractivity contribution in [3.63, 3.8) is 0 Å². The molecule has 28 heavy (non-hydrogen) atoms. The predicted molar refractivity (Wildman–Crippen MR) is 116 cm³/mol. The van der Waals surface area contributed by atoms with Gasteiger partial charge in [-0.15, -0.1) is 12.4 Å². The van der Waals surface area contributed by atoms with Gasteiger partial charge in [-0.25, -0.2) is 0 Å². The quantitative estimate of drug-likeness (QED) is 0.717. The van der Waals surface area contributed by atoms with E-state index in [1.807, 2.05) is 35.0 Å². The Morgan fingerprint density at radius 2 is 1.79 bits per heavy atom. The van der Waals surface area contributed by atoms with Gasteiger partial charge in [-0.2, -0.15) is 0 Å². The molecule has 1 saturated heterocycles. The maximum atomic E-state index is 12.6. The lowest BCUT2D eigenvalue weighted by Gasteiger charge is -2.33. The Bertz CT molecular complexity index is 601. The summed E-state index contributed by atoms with van der Waals surface area (Å²) in [7, 11) is 1.87. The number of hydrogen-bond donors (Lipinski definition) is 1. The number of hydrogen-bond acceptors (Lipinski definition) is 3. The number of halogens is 1. The Morgan fingerprint density at radius 1 is 1.18 bits per heavy atom. The summed E-state index contributed by atoms with van der Waals surface area (Å²) in [4.78, 5) is 28.8. The van der Waals surface area contributed by atoms with Crippen LogP contribution in [0.5, 0.6) is 0 Å². The summed E-state index contributed by atoms with van der Waals surface area (Å²) in [6.45, 7) is 6.29. The maximum Gasteiger partial charge on any atom is 0.225 e. The fraction of sp³-hybridized carbons (Fsp3) is 0.636. The van der Waals surface area contributed by atoms with Crippen LogP contribution in [0.15, 0.2) is 30.3 Å². The molecule has 0 saturated carbocycles. The molecule has 0 bridgehead atoms. The van der Waals surface area contributed by atoms with Crippen LogP contribution in [0.4, 0.5) is 0 Å². The molecule has 1 aliphatic rings. The Balaban J connectivity index is 0.00000392. The Morgan fingerprint density at radius 3 is 2.36 bits per heavy atom. The standard InChI is InChI=1S/C22H35N3O2.ClH/c1-17(2)20(23)13-14-24(3)22(27)19-11-15-25(16-12-19)21(26)10-9-18-7-5-4-6-8-18;/h4-8,17,19-20H,9-16,23H2,1-3H3;1H. The summed E-state index contributed by atoms with van der Waals surface area (Å²) in [5.41, 5.74) is 7.28. The molecule has 6 heteroatoms. The van der Waals surface area contributed by atoms with E-state index in [2.05, 4.69) is 26.0 Å². The highest BCUT2D eigenvalue weighted by atomic mass is 35.5. The van der Waals surface area contributed by atoms with Gasteiger partial charge in [0.15, 0.2) is 0 Å². The zero-order chi connectivity index (χ0) is 19.8. The number of carbonyl (C=O) groups is 2. The number of likely N-dealkylation sites (tertiary alicyclic amines) is 1. The van der Waals surface area contributed by atoms with Gasteiger partial charge < -0.3 is 15.5 Å². The summed E-state index contributed by atoms with van der Waals surface area (Å²) in [6, 6.07) is 10.2. The molecule has 1 heterocycles. The summed E-state index contributed by atoms with van der Waals surface area (Å²) in [5.74, 6) is 0.852. The van der Waals surface area contributed by atoms with Crippen molar-refractivity contribution in [2.45, 2.75) is 52.0 Å². The lowest BCUT2D eigenvalue weighted by molar-refractivity contribution is -0.139. The van der Waals surface area contributed by atoms with E-state index in [4.69, 9.17) is 5.73 Å². The molecule has 5 nitrogen and oxygen atoms in total. The second-order valence-corrected chi connectivity index (χ2v) is 8.10. The highest BCUT2D eigenvalue weighted by Crippen LogP contribution is 2.20. The van der Waals surface area contributed by atoms with Crippen LogP contribution in [0.25, 0.3) is 0 Å². The summed E-state index contributed by atoms with van der Waals surface area (Å²) < 4.78 is 0. The van der Waals surface area contributed by atoms with Crippen LogP contribution in [0.2, 0.25) is 0 Å². The number of aryl methyl sites for hydroxylation is 1. The molecule has 1 aliphatic heterocycles. The van der Waals surface area contributed by atoms with E-state index in [1.54, 1.807) is 0 Å². The average molecular weight is 410 g/mol. The van der Waals surface area contributed by atoms with E-state index in [-0.39, 0.29) is 36.2 Å². The maximum absolute atomic E-state index is 12.6. The number of benzene rings is 1.